The number of carboxylic acids is 1. The first kappa shape index (κ1) is 13.7. The van der Waals surface area contributed by atoms with Gasteiger partial charge in [-0.1, -0.05) is 0 Å². The number of hydrogen-bond donors (Lipinski definition) is 1. The molecule has 0 aromatic heterocycles. The lowest BCUT2D eigenvalue weighted by Gasteiger charge is -2.15. The number of rotatable bonds is 5. The van der Waals surface area contributed by atoms with Crippen LogP contribution in [-0.4, -0.2) is 60.9 Å². The van der Waals surface area contributed by atoms with Crippen molar-refractivity contribution in [2.75, 3.05) is 26.8 Å². The Labute approximate surface area is 99.8 Å². The second kappa shape index (κ2) is 6.36. The summed E-state index contributed by atoms with van der Waals surface area (Å²) in [5, 5.41) is 8.43. The summed E-state index contributed by atoms with van der Waals surface area (Å²) in [6.45, 7) is 3.28. The van der Waals surface area contributed by atoms with E-state index >= 15 is 0 Å². The zero-order valence-electron chi connectivity index (χ0n) is 9.96. The van der Waals surface area contributed by atoms with E-state index in [9.17, 15) is 9.59 Å². The van der Waals surface area contributed by atoms with Crippen LogP contribution in [0, 0.1) is 0 Å². The van der Waals surface area contributed by atoms with Gasteiger partial charge in [-0.3, -0.25) is 4.79 Å². The molecule has 1 N–H and O–H groups in total. The molecule has 1 fully saturated rings. The molecule has 1 saturated heterocycles. The number of carbonyl (C=O) groups excluding carboxylic acids is 1. The zero-order valence-corrected chi connectivity index (χ0v) is 9.96. The Morgan fingerprint density at radius 3 is 2.53 bits per heavy atom. The Bertz CT molecular complexity index is 315. The lowest BCUT2D eigenvalue weighted by Crippen LogP contribution is -2.29. The van der Waals surface area contributed by atoms with Crippen LogP contribution in [0.4, 0.5) is 0 Å². The summed E-state index contributed by atoms with van der Waals surface area (Å²) in [4.78, 5) is 23.4. The van der Waals surface area contributed by atoms with Gasteiger partial charge in [0.1, 0.15) is 12.2 Å². The van der Waals surface area contributed by atoms with Gasteiger partial charge in [-0.25, -0.2) is 4.79 Å². The maximum Gasteiger partial charge on any atom is 0.328 e. The Balaban J connectivity index is 2.57. The van der Waals surface area contributed by atoms with Gasteiger partial charge in [-0.15, -0.1) is 0 Å². The molecule has 1 heterocycles. The molecule has 1 rings (SSSR count). The van der Waals surface area contributed by atoms with Crippen LogP contribution in [0.15, 0.2) is 12.2 Å². The van der Waals surface area contributed by atoms with E-state index in [2.05, 4.69) is 0 Å². The molecular weight excluding hydrogens is 226 g/mol. The minimum Gasteiger partial charge on any atom is -0.478 e. The Morgan fingerprint density at radius 1 is 1.35 bits per heavy atom. The van der Waals surface area contributed by atoms with E-state index in [0.29, 0.717) is 19.7 Å². The van der Waals surface area contributed by atoms with Gasteiger partial charge in [0.05, 0.1) is 0 Å². The molecule has 6 nitrogen and oxygen atoms in total. The first-order chi connectivity index (χ1) is 8.08. The largest absolute Gasteiger partial charge is 0.478 e. The maximum absolute atomic E-state index is 11.6. The number of methoxy groups -OCH3 is 1. The molecule has 0 spiro atoms. The molecule has 1 amide bonds. The Hall–Kier alpha value is -1.40. The number of nitrogens with zero attached hydrogens (tertiary/aromatic N) is 1. The van der Waals surface area contributed by atoms with Crippen molar-refractivity contribution in [2.24, 2.45) is 0 Å². The second-order valence-electron chi connectivity index (χ2n) is 3.68. The van der Waals surface area contributed by atoms with Crippen LogP contribution >= 0.6 is 0 Å². The maximum atomic E-state index is 11.6. The first-order valence-electron chi connectivity index (χ1n) is 5.42. The van der Waals surface area contributed by atoms with E-state index in [1.807, 2.05) is 6.92 Å². The highest BCUT2D eigenvalue weighted by molar-refractivity contribution is 5.94. The third-order valence-corrected chi connectivity index (χ3v) is 2.58. The molecule has 0 aromatic carbocycles. The van der Waals surface area contributed by atoms with E-state index < -0.39 is 5.97 Å². The molecule has 0 aliphatic carbocycles. The fourth-order valence-electron chi connectivity index (χ4n) is 1.77. The minimum absolute atomic E-state index is 0.146. The standard InChI is InChI=1S/C11H17NO5/c1-3-17-9-7-12(6-8(9)16-2)10(13)4-5-11(14)15/h4-5,8-9H,3,6-7H2,1-2H3,(H,14,15)/b5-4+/t8-,9+/m0/s1. The summed E-state index contributed by atoms with van der Waals surface area (Å²) in [5.74, 6) is -1.47. The number of aliphatic carboxylic acids is 1. The number of amides is 1. The monoisotopic (exact) mass is 243 g/mol. The third-order valence-electron chi connectivity index (χ3n) is 2.58. The number of hydrogen-bond acceptors (Lipinski definition) is 4. The van der Waals surface area contributed by atoms with Crippen molar-refractivity contribution in [3.05, 3.63) is 12.2 Å². The number of carbonyl (C=O) groups is 2. The van der Waals surface area contributed by atoms with Gasteiger partial charge >= 0.3 is 5.97 Å². The van der Waals surface area contributed by atoms with Crippen molar-refractivity contribution in [3.8, 4) is 0 Å². The van der Waals surface area contributed by atoms with Crippen LogP contribution in [0.2, 0.25) is 0 Å². The highest BCUT2D eigenvalue weighted by Crippen LogP contribution is 2.16. The molecule has 1 aliphatic rings. The smallest absolute Gasteiger partial charge is 0.328 e. The number of likely N-dealkylation sites (tertiary alicyclic amines) is 1. The van der Waals surface area contributed by atoms with Crippen molar-refractivity contribution < 1.29 is 24.2 Å². The molecule has 0 unspecified atom stereocenters. The SMILES string of the molecule is CCO[C@@H]1CN(C(=O)/C=C/C(=O)O)C[C@@H]1OC. The van der Waals surface area contributed by atoms with Crippen molar-refractivity contribution in [3.63, 3.8) is 0 Å². The van der Waals surface area contributed by atoms with Gasteiger partial charge in [0.2, 0.25) is 5.91 Å². The zero-order chi connectivity index (χ0) is 12.8. The predicted octanol–water partition coefficient (Wildman–Crippen LogP) is -0.110. The Morgan fingerprint density at radius 2 is 2.00 bits per heavy atom. The lowest BCUT2D eigenvalue weighted by atomic mass is 10.2. The van der Waals surface area contributed by atoms with Gasteiger partial charge in [0, 0.05) is 39.0 Å². The van der Waals surface area contributed by atoms with E-state index in [0.717, 1.165) is 12.2 Å². The van der Waals surface area contributed by atoms with Crippen LogP contribution in [0.3, 0.4) is 0 Å². The number of carboxylic acid groups (broad SMARTS) is 1. The average molecular weight is 243 g/mol. The summed E-state index contributed by atoms with van der Waals surface area (Å²) in [5.41, 5.74) is 0. The van der Waals surface area contributed by atoms with E-state index in [-0.39, 0.29) is 18.1 Å². The van der Waals surface area contributed by atoms with Crippen LogP contribution in [-0.2, 0) is 19.1 Å². The molecule has 0 aromatic rings. The average Bonchev–Trinajstić information content (AvgIpc) is 2.69. The normalized spacial score (nSPS) is 24.5. The van der Waals surface area contributed by atoms with E-state index in [1.54, 1.807) is 7.11 Å². The molecule has 17 heavy (non-hydrogen) atoms. The summed E-state index contributed by atoms with van der Waals surface area (Å²) in [7, 11) is 1.57. The molecule has 6 heteroatoms. The molecule has 2 atom stereocenters. The fourth-order valence-corrected chi connectivity index (χ4v) is 1.77. The molecule has 0 bridgehead atoms. The molecule has 1 aliphatic heterocycles. The van der Waals surface area contributed by atoms with Crippen LogP contribution in [0.5, 0.6) is 0 Å². The minimum atomic E-state index is -1.14. The van der Waals surface area contributed by atoms with Gasteiger partial charge in [-0.2, -0.15) is 0 Å². The summed E-state index contributed by atoms with van der Waals surface area (Å²) >= 11 is 0. The fraction of sp³-hybridized carbons (Fsp3) is 0.636. The van der Waals surface area contributed by atoms with Gasteiger partial charge < -0.3 is 19.5 Å². The van der Waals surface area contributed by atoms with Crippen LogP contribution < -0.4 is 0 Å². The van der Waals surface area contributed by atoms with Gasteiger partial charge in [0.15, 0.2) is 0 Å². The Kier molecular flexibility index (Phi) is 5.11. The summed E-state index contributed by atoms with van der Waals surface area (Å²) in [6, 6.07) is 0. The highest BCUT2D eigenvalue weighted by Gasteiger charge is 2.35. The lowest BCUT2D eigenvalue weighted by molar-refractivity contribution is -0.132. The van der Waals surface area contributed by atoms with Gasteiger partial charge in [-0.05, 0) is 6.92 Å². The van der Waals surface area contributed by atoms with Crippen molar-refractivity contribution in [1.82, 2.24) is 4.90 Å². The van der Waals surface area contributed by atoms with Crippen molar-refractivity contribution in [2.45, 2.75) is 19.1 Å². The van der Waals surface area contributed by atoms with Crippen LogP contribution in [0.1, 0.15) is 6.92 Å². The van der Waals surface area contributed by atoms with Crippen molar-refractivity contribution in [1.29, 1.82) is 0 Å². The summed E-state index contributed by atoms with van der Waals surface area (Å²) < 4.78 is 10.7. The first-order valence-corrected chi connectivity index (χ1v) is 5.42. The molecule has 0 saturated carbocycles. The molecular formula is C11H17NO5. The second-order valence-corrected chi connectivity index (χ2v) is 3.68. The third kappa shape index (κ3) is 3.83. The van der Waals surface area contributed by atoms with E-state index in [4.69, 9.17) is 14.6 Å². The number of ether oxygens (including phenoxy) is 2. The topological polar surface area (TPSA) is 76.1 Å². The molecule has 96 valence electrons. The quantitative estimate of drug-likeness (QED) is 0.682. The predicted molar refractivity (Wildman–Crippen MR) is 59.6 cm³/mol. The van der Waals surface area contributed by atoms with Crippen LogP contribution in [0.25, 0.3) is 0 Å². The summed E-state index contributed by atoms with van der Waals surface area (Å²) in [6.07, 6.45) is 1.57. The molecule has 0 radical (unpaired) electrons. The van der Waals surface area contributed by atoms with Gasteiger partial charge in [0.25, 0.3) is 0 Å². The highest BCUT2D eigenvalue weighted by atomic mass is 16.5. The van der Waals surface area contributed by atoms with Crippen molar-refractivity contribution >= 4 is 11.9 Å². The van der Waals surface area contributed by atoms with E-state index in [1.165, 1.54) is 4.90 Å².